The van der Waals surface area contributed by atoms with Gasteiger partial charge < -0.3 is 15.4 Å². The van der Waals surface area contributed by atoms with Crippen molar-refractivity contribution < 1.29 is 9.53 Å². The number of nitrogens with one attached hydrogen (secondary N) is 2. The van der Waals surface area contributed by atoms with Crippen LogP contribution in [0.25, 0.3) is 0 Å². The minimum atomic E-state index is -0.436. The van der Waals surface area contributed by atoms with Crippen LogP contribution in [0.5, 0.6) is 0 Å². The van der Waals surface area contributed by atoms with Crippen LogP contribution >= 0.6 is 0 Å². The van der Waals surface area contributed by atoms with Crippen LogP contribution in [0.15, 0.2) is 12.2 Å². The van der Waals surface area contributed by atoms with Crippen molar-refractivity contribution in [2.24, 2.45) is 0 Å². The number of carbonyl (C=O) groups excluding carboxylic acids is 1. The first-order valence-corrected chi connectivity index (χ1v) is 6.75. The van der Waals surface area contributed by atoms with Gasteiger partial charge in [-0.05, 0) is 47.0 Å². The van der Waals surface area contributed by atoms with E-state index in [0.29, 0.717) is 12.6 Å². The van der Waals surface area contributed by atoms with Gasteiger partial charge in [0.2, 0.25) is 0 Å². The second kappa shape index (κ2) is 6.78. The first-order valence-electron chi connectivity index (χ1n) is 6.75. The molecular weight excluding hydrogens is 228 g/mol. The highest BCUT2D eigenvalue weighted by molar-refractivity contribution is 5.67. The largest absolute Gasteiger partial charge is 0.444 e. The van der Waals surface area contributed by atoms with E-state index in [0.717, 1.165) is 12.8 Å². The number of allylic oxidation sites excluding steroid dienone is 1. The van der Waals surface area contributed by atoms with Crippen LogP contribution in [0.3, 0.4) is 0 Å². The smallest absolute Gasteiger partial charge is 0.407 e. The van der Waals surface area contributed by atoms with E-state index in [1.165, 1.54) is 6.42 Å². The van der Waals surface area contributed by atoms with Gasteiger partial charge in [-0.25, -0.2) is 4.79 Å². The van der Waals surface area contributed by atoms with Crippen molar-refractivity contribution in [2.45, 2.75) is 64.6 Å². The van der Waals surface area contributed by atoms with E-state index in [9.17, 15) is 4.79 Å². The van der Waals surface area contributed by atoms with E-state index >= 15 is 0 Å². The molecule has 0 aromatic heterocycles. The Balaban J connectivity index is 2.18. The zero-order chi connectivity index (χ0) is 13.6. The third kappa shape index (κ3) is 6.64. The average Bonchev–Trinajstić information content (AvgIpc) is 2.25. The van der Waals surface area contributed by atoms with Gasteiger partial charge in [0.1, 0.15) is 5.60 Å². The van der Waals surface area contributed by atoms with Crippen molar-refractivity contribution >= 4 is 6.09 Å². The van der Waals surface area contributed by atoms with E-state index in [1.807, 2.05) is 20.8 Å². The lowest BCUT2D eigenvalue weighted by molar-refractivity contribution is 0.0522. The summed E-state index contributed by atoms with van der Waals surface area (Å²) >= 11 is 0. The molecule has 0 bridgehead atoms. The Bertz CT molecular complexity index is 295. The number of alkyl carbamates (subject to hydrolysis) is 1. The third-order valence-corrected chi connectivity index (χ3v) is 2.74. The number of amides is 1. The van der Waals surface area contributed by atoms with Crippen LogP contribution in [0.4, 0.5) is 4.79 Å². The highest BCUT2D eigenvalue weighted by Crippen LogP contribution is 2.11. The molecule has 0 aromatic rings. The van der Waals surface area contributed by atoms with Crippen molar-refractivity contribution in [1.29, 1.82) is 0 Å². The second-order valence-electron chi connectivity index (χ2n) is 5.93. The van der Waals surface area contributed by atoms with Crippen LogP contribution in [0.2, 0.25) is 0 Å². The second-order valence-corrected chi connectivity index (χ2v) is 5.93. The summed E-state index contributed by atoms with van der Waals surface area (Å²) in [5, 5.41) is 6.30. The Morgan fingerprint density at radius 3 is 2.72 bits per heavy atom. The summed E-state index contributed by atoms with van der Waals surface area (Å²) in [6, 6.07) is 0.791. The molecule has 2 unspecified atom stereocenters. The maximum absolute atomic E-state index is 11.5. The lowest BCUT2D eigenvalue weighted by Gasteiger charge is -2.25. The summed E-state index contributed by atoms with van der Waals surface area (Å²) in [5.41, 5.74) is -0.436. The summed E-state index contributed by atoms with van der Waals surface area (Å²) in [7, 11) is 0. The van der Waals surface area contributed by atoms with Gasteiger partial charge >= 0.3 is 6.09 Å². The molecule has 1 aliphatic carbocycles. The zero-order valence-corrected chi connectivity index (χ0v) is 12.0. The lowest BCUT2D eigenvalue weighted by atomic mass is 10.0. The van der Waals surface area contributed by atoms with Crippen LogP contribution in [-0.2, 0) is 4.74 Å². The molecule has 4 heteroatoms. The molecule has 0 spiro atoms. The van der Waals surface area contributed by atoms with E-state index in [2.05, 4.69) is 29.7 Å². The minimum Gasteiger partial charge on any atom is -0.444 e. The molecular formula is C14H26N2O2. The SMILES string of the molecule is CC(CNC(=O)OC(C)(C)C)NC1CC=CCC1. The molecule has 0 saturated heterocycles. The molecule has 4 nitrogen and oxygen atoms in total. The summed E-state index contributed by atoms with van der Waals surface area (Å²) in [6.07, 6.45) is 7.49. The Morgan fingerprint density at radius 1 is 1.44 bits per heavy atom. The summed E-state index contributed by atoms with van der Waals surface area (Å²) in [4.78, 5) is 11.5. The summed E-state index contributed by atoms with van der Waals surface area (Å²) < 4.78 is 5.19. The average molecular weight is 254 g/mol. The first-order chi connectivity index (χ1) is 8.37. The van der Waals surface area contributed by atoms with Gasteiger partial charge in [-0.1, -0.05) is 12.2 Å². The Labute approximate surface area is 110 Å². The molecule has 0 aromatic carbocycles. The zero-order valence-electron chi connectivity index (χ0n) is 12.0. The highest BCUT2D eigenvalue weighted by atomic mass is 16.6. The van der Waals surface area contributed by atoms with Crippen molar-refractivity contribution in [1.82, 2.24) is 10.6 Å². The monoisotopic (exact) mass is 254 g/mol. The predicted molar refractivity (Wildman–Crippen MR) is 73.6 cm³/mol. The van der Waals surface area contributed by atoms with Crippen LogP contribution in [0, 0.1) is 0 Å². The number of rotatable bonds is 4. The van der Waals surface area contributed by atoms with E-state index in [4.69, 9.17) is 4.74 Å². The normalized spacial score (nSPS) is 21.4. The van der Waals surface area contributed by atoms with Crippen molar-refractivity contribution in [3.63, 3.8) is 0 Å². The van der Waals surface area contributed by atoms with E-state index < -0.39 is 5.60 Å². The Hall–Kier alpha value is -1.03. The van der Waals surface area contributed by atoms with Crippen molar-refractivity contribution in [2.75, 3.05) is 6.54 Å². The molecule has 0 heterocycles. The molecule has 0 aliphatic heterocycles. The third-order valence-electron chi connectivity index (χ3n) is 2.74. The standard InChI is InChI=1S/C14H26N2O2/c1-11(16-12-8-6-5-7-9-12)10-15-13(17)18-14(2,3)4/h5-6,11-12,16H,7-10H2,1-4H3,(H,15,17). The van der Waals surface area contributed by atoms with E-state index in [1.54, 1.807) is 0 Å². The van der Waals surface area contributed by atoms with Crippen molar-refractivity contribution in [3.05, 3.63) is 12.2 Å². The van der Waals surface area contributed by atoms with Crippen molar-refractivity contribution in [3.8, 4) is 0 Å². The molecule has 0 saturated carbocycles. The molecule has 104 valence electrons. The fourth-order valence-corrected chi connectivity index (χ4v) is 1.96. The Kier molecular flexibility index (Phi) is 5.66. The van der Waals surface area contributed by atoms with Gasteiger partial charge in [0.05, 0.1) is 0 Å². The number of carbonyl (C=O) groups is 1. The van der Waals surface area contributed by atoms with Gasteiger partial charge in [0.25, 0.3) is 0 Å². The maximum atomic E-state index is 11.5. The quantitative estimate of drug-likeness (QED) is 0.758. The molecule has 1 amide bonds. The van der Waals surface area contributed by atoms with Gasteiger partial charge in [0, 0.05) is 18.6 Å². The van der Waals surface area contributed by atoms with Crippen LogP contribution in [0.1, 0.15) is 47.0 Å². The predicted octanol–water partition coefficient (Wildman–Crippen LogP) is 2.60. The number of ether oxygens (including phenoxy) is 1. The molecule has 1 rings (SSSR count). The first kappa shape index (κ1) is 15.0. The van der Waals surface area contributed by atoms with Crippen LogP contribution in [-0.4, -0.2) is 30.3 Å². The fourth-order valence-electron chi connectivity index (χ4n) is 1.96. The fraction of sp³-hybridized carbons (Fsp3) is 0.786. The molecule has 18 heavy (non-hydrogen) atoms. The summed E-state index contributed by atoms with van der Waals surface area (Å²) in [5.74, 6) is 0. The van der Waals surface area contributed by atoms with Gasteiger partial charge in [-0.15, -0.1) is 0 Å². The number of hydrogen-bond donors (Lipinski definition) is 2. The topological polar surface area (TPSA) is 50.4 Å². The number of hydrogen-bond acceptors (Lipinski definition) is 3. The van der Waals surface area contributed by atoms with Gasteiger partial charge in [-0.2, -0.15) is 0 Å². The molecule has 2 atom stereocenters. The highest BCUT2D eigenvalue weighted by Gasteiger charge is 2.17. The minimum absolute atomic E-state index is 0.258. The molecule has 0 radical (unpaired) electrons. The van der Waals surface area contributed by atoms with E-state index in [-0.39, 0.29) is 12.1 Å². The molecule has 1 aliphatic rings. The van der Waals surface area contributed by atoms with Gasteiger partial charge in [0.15, 0.2) is 0 Å². The van der Waals surface area contributed by atoms with Crippen LogP contribution < -0.4 is 10.6 Å². The molecule has 0 fully saturated rings. The Morgan fingerprint density at radius 2 is 2.17 bits per heavy atom. The lowest BCUT2D eigenvalue weighted by Crippen LogP contribution is -2.45. The maximum Gasteiger partial charge on any atom is 0.407 e. The van der Waals surface area contributed by atoms with Gasteiger partial charge in [-0.3, -0.25) is 0 Å². The summed E-state index contributed by atoms with van der Waals surface area (Å²) in [6.45, 7) is 8.26. The molecule has 2 N–H and O–H groups in total.